The second kappa shape index (κ2) is 5.98. The molecule has 0 saturated carbocycles. The molecular formula is C13H9BCl2F3O-. The van der Waals surface area contributed by atoms with Crippen LogP contribution in [0, 0.1) is 0 Å². The van der Waals surface area contributed by atoms with Crippen LogP contribution in [0.25, 0.3) is 0 Å². The second-order valence-electron chi connectivity index (χ2n) is 4.14. The molecule has 0 saturated heterocycles. The van der Waals surface area contributed by atoms with Gasteiger partial charge in [0.2, 0.25) is 0 Å². The van der Waals surface area contributed by atoms with E-state index in [1.807, 2.05) is 0 Å². The molecule has 0 aromatic heterocycles. The first-order chi connectivity index (χ1) is 9.38. The molecule has 0 aliphatic carbocycles. The fourth-order valence-electron chi connectivity index (χ4n) is 1.68. The van der Waals surface area contributed by atoms with Gasteiger partial charge < -0.3 is 17.7 Å². The molecule has 0 fully saturated rings. The molecule has 2 rings (SSSR count). The fraction of sp³-hybridized carbons (Fsp3) is 0.0769. The summed E-state index contributed by atoms with van der Waals surface area (Å²) in [5.41, 5.74) is -0.182. The van der Waals surface area contributed by atoms with E-state index >= 15 is 0 Å². The third-order valence-corrected chi connectivity index (χ3v) is 3.26. The smallest absolute Gasteiger partial charge is 0.492 e. The molecule has 0 aliphatic heterocycles. The van der Waals surface area contributed by atoms with Crippen molar-refractivity contribution in [1.29, 1.82) is 0 Å². The number of hydrogen-bond acceptors (Lipinski definition) is 1. The van der Waals surface area contributed by atoms with Crippen LogP contribution in [0.1, 0.15) is 5.56 Å². The van der Waals surface area contributed by atoms with Crippen molar-refractivity contribution >= 4 is 35.6 Å². The van der Waals surface area contributed by atoms with Crippen molar-refractivity contribution in [3.63, 3.8) is 0 Å². The lowest BCUT2D eigenvalue weighted by Gasteiger charge is -2.19. The molecule has 0 bridgehead atoms. The topological polar surface area (TPSA) is 9.23 Å². The van der Waals surface area contributed by atoms with Gasteiger partial charge in [-0.15, -0.1) is 0 Å². The lowest BCUT2D eigenvalue weighted by atomic mass is 9.79. The van der Waals surface area contributed by atoms with Crippen molar-refractivity contribution < 1.29 is 17.7 Å². The Bertz CT molecular complexity index is 617. The highest BCUT2D eigenvalue weighted by Gasteiger charge is 2.28. The Labute approximate surface area is 124 Å². The second-order valence-corrected chi connectivity index (χ2v) is 4.98. The molecule has 0 unspecified atom stereocenters. The van der Waals surface area contributed by atoms with Gasteiger partial charge in [-0.3, -0.25) is 0 Å². The van der Waals surface area contributed by atoms with Crippen LogP contribution in [-0.2, 0) is 6.61 Å². The normalized spacial score (nSPS) is 11.4. The molecule has 0 aliphatic rings. The third kappa shape index (κ3) is 3.61. The van der Waals surface area contributed by atoms with Crippen LogP contribution < -0.4 is 10.2 Å². The summed E-state index contributed by atoms with van der Waals surface area (Å²) in [6, 6.07) is 9.84. The SMILES string of the molecule is F[B-](F)(F)c1ccccc1OCc1ccc(Cl)cc1Cl. The predicted octanol–water partition coefficient (Wildman–Crippen LogP) is 4.63. The molecule has 0 radical (unpaired) electrons. The summed E-state index contributed by atoms with van der Waals surface area (Å²) in [6.07, 6.45) is 0. The number of para-hydroxylation sites is 1. The quantitative estimate of drug-likeness (QED) is 0.747. The maximum Gasteiger partial charge on any atom is 0.513 e. The molecule has 0 amide bonds. The molecule has 20 heavy (non-hydrogen) atoms. The summed E-state index contributed by atoms with van der Waals surface area (Å²) in [5, 5.41) is 0.810. The van der Waals surface area contributed by atoms with E-state index in [2.05, 4.69) is 0 Å². The van der Waals surface area contributed by atoms with E-state index in [0.29, 0.717) is 15.6 Å². The fourth-order valence-corrected chi connectivity index (χ4v) is 2.14. The minimum absolute atomic E-state index is 0.0564. The van der Waals surface area contributed by atoms with Gasteiger partial charge in [-0.1, -0.05) is 52.9 Å². The van der Waals surface area contributed by atoms with Gasteiger partial charge in [0.25, 0.3) is 0 Å². The summed E-state index contributed by atoms with van der Waals surface area (Å²) in [6.45, 7) is -5.17. The van der Waals surface area contributed by atoms with E-state index in [9.17, 15) is 12.9 Å². The van der Waals surface area contributed by atoms with Crippen molar-refractivity contribution in [2.24, 2.45) is 0 Å². The van der Waals surface area contributed by atoms with Crippen LogP contribution in [0.5, 0.6) is 5.75 Å². The lowest BCUT2D eigenvalue weighted by molar-refractivity contribution is 0.307. The number of benzene rings is 2. The molecule has 2 aromatic rings. The molecule has 0 heterocycles. The first kappa shape index (κ1) is 15.1. The van der Waals surface area contributed by atoms with Crippen molar-refractivity contribution in [2.75, 3.05) is 0 Å². The zero-order chi connectivity index (χ0) is 14.8. The van der Waals surface area contributed by atoms with Crippen LogP contribution in [0.3, 0.4) is 0 Å². The van der Waals surface area contributed by atoms with Gasteiger partial charge in [-0.05, 0) is 18.2 Å². The van der Waals surface area contributed by atoms with Gasteiger partial charge in [0.15, 0.2) is 0 Å². The Morgan fingerprint density at radius 3 is 2.35 bits per heavy atom. The van der Waals surface area contributed by atoms with Gasteiger partial charge in [0.05, 0.1) is 5.75 Å². The average molecular weight is 320 g/mol. The number of halogens is 5. The summed E-state index contributed by atoms with van der Waals surface area (Å²) < 4.78 is 43.8. The van der Waals surface area contributed by atoms with Crippen molar-refractivity contribution in [3.05, 3.63) is 58.1 Å². The van der Waals surface area contributed by atoms with Crippen molar-refractivity contribution in [2.45, 2.75) is 6.61 Å². The molecule has 2 aromatic carbocycles. The maximum atomic E-state index is 12.8. The number of ether oxygens (including phenoxy) is 1. The van der Waals surface area contributed by atoms with Crippen LogP contribution in [-0.4, -0.2) is 6.98 Å². The van der Waals surface area contributed by atoms with Gasteiger partial charge >= 0.3 is 6.98 Å². The Balaban J connectivity index is 2.19. The van der Waals surface area contributed by atoms with Crippen LogP contribution in [0.2, 0.25) is 10.0 Å². The van der Waals surface area contributed by atoms with Gasteiger partial charge in [-0.25, -0.2) is 0 Å². The first-order valence-corrected chi connectivity index (χ1v) is 6.49. The molecular weight excluding hydrogens is 311 g/mol. The molecule has 0 spiro atoms. The summed E-state index contributed by atoms with van der Waals surface area (Å²) in [5.74, 6) is -0.203. The summed E-state index contributed by atoms with van der Waals surface area (Å²) in [7, 11) is 0. The lowest BCUT2D eigenvalue weighted by Crippen LogP contribution is -2.35. The molecule has 1 nitrogen and oxygen atoms in total. The van der Waals surface area contributed by atoms with Crippen LogP contribution in [0.4, 0.5) is 12.9 Å². The van der Waals surface area contributed by atoms with Crippen LogP contribution >= 0.6 is 23.2 Å². The van der Waals surface area contributed by atoms with Crippen molar-refractivity contribution in [3.8, 4) is 5.75 Å². The van der Waals surface area contributed by atoms with E-state index in [-0.39, 0.29) is 12.4 Å². The van der Waals surface area contributed by atoms with E-state index in [1.54, 1.807) is 12.1 Å². The average Bonchev–Trinajstić information content (AvgIpc) is 2.37. The van der Waals surface area contributed by atoms with Gasteiger partial charge in [0.1, 0.15) is 6.61 Å². The minimum Gasteiger partial charge on any atom is -0.492 e. The zero-order valence-electron chi connectivity index (χ0n) is 10.1. The Morgan fingerprint density at radius 2 is 1.70 bits per heavy atom. The summed E-state index contributed by atoms with van der Waals surface area (Å²) in [4.78, 5) is 0. The zero-order valence-corrected chi connectivity index (χ0v) is 11.6. The highest BCUT2D eigenvalue weighted by molar-refractivity contribution is 6.74. The van der Waals surface area contributed by atoms with E-state index in [0.717, 1.165) is 6.07 Å². The highest BCUT2D eigenvalue weighted by atomic mass is 35.5. The molecule has 0 N–H and O–H groups in total. The Hall–Kier alpha value is -1.33. The molecule has 0 atom stereocenters. The molecule has 106 valence electrons. The van der Waals surface area contributed by atoms with Gasteiger partial charge in [-0.2, -0.15) is 0 Å². The largest absolute Gasteiger partial charge is 0.513 e. The van der Waals surface area contributed by atoms with E-state index in [4.69, 9.17) is 27.9 Å². The summed E-state index contributed by atoms with van der Waals surface area (Å²) >= 11 is 11.7. The van der Waals surface area contributed by atoms with Crippen LogP contribution in [0.15, 0.2) is 42.5 Å². The maximum absolute atomic E-state index is 12.8. The Morgan fingerprint density at radius 1 is 1.00 bits per heavy atom. The van der Waals surface area contributed by atoms with E-state index < -0.39 is 12.4 Å². The van der Waals surface area contributed by atoms with E-state index in [1.165, 1.54) is 24.3 Å². The Kier molecular flexibility index (Phi) is 4.50. The third-order valence-electron chi connectivity index (χ3n) is 2.67. The number of rotatable bonds is 4. The van der Waals surface area contributed by atoms with Gasteiger partial charge in [0, 0.05) is 15.6 Å². The standard InChI is InChI=1S/C13H9BCl2F3O/c15-10-6-5-9(12(16)7-10)8-20-13-4-2-1-3-11(13)14(17,18)19/h1-7H,8H2/q-1. The van der Waals surface area contributed by atoms with Crippen molar-refractivity contribution in [1.82, 2.24) is 0 Å². The monoisotopic (exact) mass is 319 g/mol. The first-order valence-electron chi connectivity index (χ1n) is 5.73. The molecule has 7 heteroatoms. The number of hydrogen-bond donors (Lipinski definition) is 0. The minimum atomic E-state index is -5.11. The highest BCUT2D eigenvalue weighted by Crippen LogP contribution is 2.23. The predicted molar refractivity (Wildman–Crippen MR) is 75.9 cm³/mol.